The Balaban J connectivity index is 3.41. The second-order valence-corrected chi connectivity index (χ2v) is 6.57. The van der Waals surface area contributed by atoms with Crippen molar-refractivity contribution in [3.63, 3.8) is 0 Å². The van der Waals surface area contributed by atoms with Crippen molar-refractivity contribution in [1.29, 1.82) is 0 Å². The van der Waals surface area contributed by atoms with E-state index < -0.39 is 54.1 Å². The summed E-state index contributed by atoms with van der Waals surface area (Å²) in [5.74, 6) is -6.38. The van der Waals surface area contributed by atoms with E-state index in [0.717, 1.165) is 13.8 Å². The fraction of sp³-hybridized carbons (Fsp3) is 0.923. The number of rotatable bonds is 2. The Morgan fingerprint density at radius 2 is 1.57 bits per heavy atom. The van der Waals surface area contributed by atoms with Gasteiger partial charge >= 0.3 is 18.3 Å². The average molecular weight is 352 g/mol. The monoisotopic (exact) mass is 352 g/mol. The summed E-state index contributed by atoms with van der Waals surface area (Å²) in [6.45, 7) is 4.39. The van der Waals surface area contributed by atoms with Gasteiger partial charge in [-0.3, -0.25) is 4.79 Å². The second kappa shape index (κ2) is 5.51. The van der Waals surface area contributed by atoms with Crippen molar-refractivity contribution in [2.75, 3.05) is 0 Å². The molecule has 1 aliphatic heterocycles. The number of aliphatic hydroxyl groups is 1. The first-order valence-corrected chi connectivity index (χ1v) is 6.74. The van der Waals surface area contributed by atoms with Crippen molar-refractivity contribution in [3.8, 4) is 0 Å². The van der Waals surface area contributed by atoms with Gasteiger partial charge in [-0.05, 0) is 13.8 Å². The Bertz CT molecular complexity index is 470. The SMILES string of the molecule is CC(C)C(=O)OC1(C(F)(F)F)CC(C)(C)OC(O)(C(F)(F)F)C1. The molecule has 1 aliphatic rings. The van der Waals surface area contributed by atoms with E-state index >= 15 is 0 Å². The number of carbonyl (C=O) groups is 1. The maximum atomic E-state index is 13.5. The van der Waals surface area contributed by atoms with Gasteiger partial charge in [0.25, 0.3) is 5.79 Å². The quantitative estimate of drug-likeness (QED) is 0.612. The van der Waals surface area contributed by atoms with Crippen molar-refractivity contribution in [2.24, 2.45) is 5.92 Å². The van der Waals surface area contributed by atoms with Crippen LogP contribution in [0.5, 0.6) is 0 Å². The molecule has 0 saturated carbocycles. The highest BCUT2D eigenvalue weighted by atomic mass is 19.4. The van der Waals surface area contributed by atoms with Crippen molar-refractivity contribution in [3.05, 3.63) is 0 Å². The number of hydrogen-bond donors (Lipinski definition) is 1. The Labute approximate surface area is 128 Å². The molecule has 0 aromatic heterocycles. The molecule has 0 aliphatic carbocycles. The van der Waals surface area contributed by atoms with E-state index in [2.05, 4.69) is 9.47 Å². The Morgan fingerprint density at radius 1 is 1.09 bits per heavy atom. The number of hydrogen-bond acceptors (Lipinski definition) is 4. The average Bonchev–Trinajstić information content (AvgIpc) is 2.22. The molecule has 23 heavy (non-hydrogen) atoms. The van der Waals surface area contributed by atoms with E-state index in [1.54, 1.807) is 0 Å². The van der Waals surface area contributed by atoms with Gasteiger partial charge < -0.3 is 14.6 Å². The summed E-state index contributed by atoms with van der Waals surface area (Å²) >= 11 is 0. The molecule has 0 amide bonds. The molecule has 0 aromatic carbocycles. The van der Waals surface area contributed by atoms with E-state index in [-0.39, 0.29) is 0 Å². The molecule has 4 nitrogen and oxygen atoms in total. The van der Waals surface area contributed by atoms with Crippen LogP contribution in [0.3, 0.4) is 0 Å². The van der Waals surface area contributed by atoms with Crippen LogP contribution in [0, 0.1) is 5.92 Å². The van der Waals surface area contributed by atoms with Crippen LogP contribution >= 0.6 is 0 Å². The number of alkyl halides is 6. The largest absolute Gasteiger partial charge is 0.449 e. The zero-order valence-corrected chi connectivity index (χ0v) is 12.9. The van der Waals surface area contributed by atoms with Crippen molar-refractivity contribution >= 4 is 5.97 Å². The molecule has 2 atom stereocenters. The molecule has 1 saturated heterocycles. The Kier molecular flexibility index (Phi) is 4.79. The first kappa shape index (κ1) is 20.0. The van der Waals surface area contributed by atoms with Crippen LogP contribution in [0.4, 0.5) is 26.3 Å². The van der Waals surface area contributed by atoms with E-state index in [1.807, 2.05) is 0 Å². The lowest BCUT2D eigenvalue weighted by Crippen LogP contribution is -2.67. The maximum Gasteiger partial charge on any atom is 0.443 e. The Morgan fingerprint density at radius 3 is 1.91 bits per heavy atom. The zero-order valence-electron chi connectivity index (χ0n) is 12.9. The molecule has 0 aromatic rings. The van der Waals surface area contributed by atoms with Gasteiger partial charge in [-0.25, -0.2) is 0 Å². The fourth-order valence-corrected chi connectivity index (χ4v) is 2.47. The van der Waals surface area contributed by atoms with Gasteiger partial charge in [-0.1, -0.05) is 13.8 Å². The lowest BCUT2D eigenvalue weighted by molar-refractivity contribution is -0.440. The molecule has 10 heteroatoms. The molecular formula is C13H18F6O4. The van der Waals surface area contributed by atoms with Gasteiger partial charge in [0.1, 0.15) is 0 Å². The summed E-state index contributed by atoms with van der Waals surface area (Å²) in [6, 6.07) is 0. The lowest BCUT2D eigenvalue weighted by Gasteiger charge is -2.51. The normalized spacial score (nSPS) is 32.0. The van der Waals surface area contributed by atoms with E-state index in [4.69, 9.17) is 0 Å². The van der Waals surface area contributed by atoms with E-state index in [1.165, 1.54) is 13.8 Å². The highest BCUT2D eigenvalue weighted by Crippen LogP contribution is 2.54. The van der Waals surface area contributed by atoms with Crippen LogP contribution in [0.1, 0.15) is 40.5 Å². The topological polar surface area (TPSA) is 55.8 Å². The summed E-state index contributed by atoms with van der Waals surface area (Å²) in [5, 5.41) is 9.66. The van der Waals surface area contributed by atoms with Gasteiger partial charge in [0.2, 0.25) is 5.60 Å². The highest BCUT2D eigenvalue weighted by molar-refractivity contribution is 5.72. The van der Waals surface area contributed by atoms with Gasteiger partial charge in [-0.15, -0.1) is 0 Å². The van der Waals surface area contributed by atoms with Crippen molar-refractivity contribution in [1.82, 2.24) is 0 Å². The molecule has 0 spiro atoms. The summed E-state index contributed by atoms with van der Waals surface area (Å²) in [4.78, 5) is 11.6. The first-order valence-electron chi connectivity index (χ1n) is 6.74. The predicted octanol–water partition coefficient (Wildman–Crippen LogP) is 3.33. The van der Waals surface area contributed by atoms with Gasteiger partial charge in [0.15, 0.2) is 0 Å². The van der Waals surface area contributed by atoms with E-state index in [0.29, 0.717) is 0 Å². The molecule has 1 fully saturated rings. The third-order valence-corrected chi connectivity index (χ3v) is 3.41. The van der Waals surface area contributed by atoms with Crippen LogP contribution in [-0.2, 0) is 14.3 Å². The molecule has 136 valence electrons. The minimum atomic E-state index is -5.49. The number of carbonyl (C=O) groups excluding carboxylic acids is 1. The third kappa shape index (κ3) is 3.90. The van der Waals surface area contributed by atoms with Gasteiger partial charge in [0.05, 0.1) is 17.9 Å². The zero-order chi connectivity index (χ0) is 18.5. The lowest BCUT2D eigenvalue weighted by atomic mass is 9.79. The maximum absolute atomic E-state index is 13.5. The summed E-state index contributed by atoms with van der Waals surface area (Å²) in [5.41, 5.74) is -5.53. The molecule has 0 radical (unpaired) electrons. The van der Waals surface area contributed by atoms with Crippen molar-refractivity contribution < 1.29 is 45.7 Å². The summed E-state index contributed by atoms with van der Waals surface area (Å²) < 4.78 is 88.4. The van der Waals surface area contributed by atoms with Crippen LogP contribution in [0.15, 0.2) is 0 Å². The smallest absolute Gasteiger partial charge is 0.443 e. The minimum absolute atomic E-state index is 0.951. The summed E-state index contributed by atoms with van der Waals surface area (Å²) in [7, 11) is 0. The molecule has 0 bridgehead atoms. The van der Waals surface area contributed by atoms with E-state index in [9.17, 15) is 36.2 Å². The van der Waals surface area contributed by atoms with Crippen LogP contribution in [0.2, 0.25) is 0 Å². The van der Waals surface area contributed by atoms with Crippen LogP contribution in [-0.4, -0.2) is 40.4 Å². The molecule has 1 N–H and O–H groups in total. The molecule has 1 rings (SSSR count). The second-order valence-electron chi connectivity index (χ2n) is 6.57. The van der Waals surface area contributed by atoms with Crippen molar-refractivity contribution in [2.45, 2.75) is 69.9 Å². The standard InChI is InChI=1S/C13H18F6O4/c1-7(2)8(20)22-10(12(14,15)16)5-9(3,4)23-11(21,6-10)13(17,18)19/h7,21H,5-6H2,1-4H3. The Hall–Kier alpha value is -1.03. The van der Waals surface area contributed by atoms with Crippen LogP contribution < -0.4 is 0 Å². The molecule has 1 heterocycles. The fourth-order valence-electron chi connectivity index (χ4n) is 2.47. The minimum Gasteiger partial charge on any atom is -0.449 e. The summed E-state index contributed by atoms with van der Waals surface area (Å²) in [6.07, 6.45) is -13.9. The van der Waals surface area contributed by atoms with Crippen LogP contribution in [0.25, 0.3) is 0 Å². The number of ether oxygens (including phenoxy) is 2. The third-order valence-electron chi connectivity index (χ3n) is 3.41. The predicted molar refractivity (Wildman–Crippen MR) is 65.1 cm³/mol. The number of esters is 1. The van der Waals surface area contributed by atoms with Gasteiger partial charge in [-0.2, -0.15) is 26.3 Å². The number of halogens is 6. The molecule has 2 unspecified atom stereocenters. The molecular weight excluding hydrogens is 334 g/mol. The first-order chi connectivity index (χ1) is 9.95. The highest BCUT2D eigenvalue weighted by Gasteiger charge is 2.73. The van der Waals surface area contributed by atoms with Gasteiger partial charge in [0, 0.05) is 6.42 Å².